The van der Waals surface area contributed by atoms with Gasteiger partial charge < -0.3 is 14.6 Å². The van der Waals surface area contributed by atoms with Crippen molar-refractivity contribution in [2.24, 2.45) is 7.05 Å². The number of hydrogen-bond acceptors (Lipinski definition) is 5. The van der Waals surface area contributed by atoms with Crippen LogP contribution in [0.25, 0.3) is 11.3 Å². The zero-order valence-electron chi connectivity index (χ0n) is 19.9. The first-order chi connectivity index (χ1) is 15.9. The number of terminal acetylenes is 1. The molecule has 0 amide bonds. The molecule has 1 atom stereocenters. The number of hydrogen-bond donors (Lipinski definition) is 1. The molecule has 0 radical (unpaired) electrons. The number of nitrogens with zero attached hydrogens (tertiary/aromatic N) is 3. The lowest BCUT2D eigenvalue weighted by Gasteiger charge is -2.29. The maximum atomic E-state index is 10.5. The van der Waals surface area contributed by atoms with Crippen LogP contribution in [-0.4, -0.2) is 51.7 Å². The van der Waals surface area contributed by atoms with Crippen molar-refractivity contribution < 1.29 is 14.6 Å². The van der Waals surface area contributed by atoms with Gasteiger partial charge in [-0.1, -0.05) is 48.4 Å². The summed E-state index contributed by atoms with van der Waals surface area (Å²) in [7, 11) is 1.89. The van der Waals surface area contributed by atoms with Crippen LogP contribution in [0.15, 0.2) is 54.6 Å². The van der Waals surface area contributed by atoms with Gasteiger partial charge in [0.15, 0.2) is 0 Å². The highest BCUT2D eigenvalue weighted by molar-refractivity contribution is 5.65. The van der Waals surface area contributed by atoms with E-state index in [2.05, 4.69) is 24.7 Å². The average Bonchev–Trinajstić information content (AvgIpc) is 3.09. The molecule has 0 aliphatic rings. The van der Waals surface area contributed by atoms with Crippen LogP contribution in [0.2, 0.25) is 0 Å². The van der Waals surface area contributed by atoms with E-state index < -0.39 is 6.10 Å². The topological polar surface area (TPSA) is 59.8 Å². The lowest BCUT2D eigenvalue weighted by Crippen LogP contribution is -2.39. The first-order valence-electron chi connectivity index (χ1n) is 11.2. The van der Waals surface area contributed by atoms with E-state index in [0.29, 0.717) is 19.0 Å². The van der Waals surface area contributed by atoms with Crippen molar-refractivity contribution in [3.63, 3.8) is 0 Å². The lowest BCUT2D eigenvalue weighted by atomic mass is 10.1. The summed E-state index contributed by atoms with van der Waals surface area (Å²) in [5, 5.41) is 15.3. The van der Waals surface area contributed by atoms with Crippen LogP contribution in [0.4, 0.5) is 0 Å². The minimum Gasteiger partial charge on any atom is -0.439 e. The van der Waals surface area contributed by atoms with Gasteiger partial charge in [0.2, 0.25) is 5.88 Å². The Morgan fingerprint density at radius 3 is 2.58 bits per heavy atom. The van der Waals surface area contributed by atoms with E-state index in [0.717, 1.165) is 28.1 Å². The fraction of sp³-hybridized carbons (Fsp3) is 0.370. The fourth-order valence-electron chi connectivity index (χ4n) is 3.68. The Morgan fingerprint density at radius 1 is 1.15 bits per heavy atom. The van der Waals surface area contributed by atoms with Crippen LogP contribution in [0.3, 0.4) is 0 Å². The number of aryl methyl sites for hydroxylation is 2. The van der Waals surface area contributed by atoms with Crippen molar-refractivity contribution >= 4 is 0 Å². The maximum absolute atomic E-state index is 10.5. The molecule has 174 valence electrons. The molecule has 0 saturated heterocycles. The van der Waals surface area contributed by atoms with Crippen molar-refractivity contribution in [1.82, 2.24) is 14.7 Å². The molecule has 2 aromatic carbocycles. The monoisotopic (exact) mass is 447 g/mol. The largest absolute Gasteiger partial charge is 0.439 e. The Labute approximate surface area is 196 Å². The molecule has 33 heavy (non-hydrogen) atoms. The Hall–Kier alpha value is -3.11. The number of aliphatic hydroxyl groups is 1. The number of rotatable bonds is 11. The number of benzene rings is 2. The average molecular weight is 448 g/mol. The maximum Gasteiger partial charge on any atom is 0.222 e. The summed E-state index contributed by atoms with van der Waals surface area (Å²) in [4.78, 5) is 2.19. The summed E-state index contributed by atoms with van der Waals surface area (Å²) in [6.07, 6.45) is 4.59. The van der Waals surface area contributed by atoms with Gasteiger partial charge in [-0.25, -0.2) is 4.68 Å². The molecule has 6 nitrogen and oxygen atoms in total. The molecule has 1 unspecified atom stereocenters. The zero-order valence-corrected chi connectivity index (χ0v) is 19.9. The molecule has 0 fully saturated rings. The van der Waals surface area contributed by atoms with Crippen molar-refractivity contribution in [1.29, 1.82) is 0 Å². The Kier molecular flexibility index (Phi) is 8.67. The lowest BCUT2D eigenvalue weighted by molar-refractivity contribution is 0.0191. The second-order valence-electron chi connectivity index (χ2n) is 8.44. The molecule has 0 spiro atoms. The third kappa shape index (κ3) is 6.69. The Balaban J connectivity index is 1.95. The second kappa shape index (κ2) is 11.7. The first kappa shape index (κ1) is 24.5. The van der Waals surface area contributed by atoms with Gasteiger partial charge in [-0.3, -0.25) is 4.90 Å². The van der Waals surface area contributed by atoms with Crippen LogP contribution in [0.1, 0.15) is 25.0 Å². The van der Waals surface area contributed by atoms with Crippen LogP contribution in [0.5, 0.6) is 11.6 Å². The molecule has 6 heteroatoms. The van der Waals surface area contributed by atoms with Gasteiger partial charge in [-0.15, -0.1) is 6.42 Å². The third-order valence-corrected chi connectivity index (χ3v) is 5.37. The predicted molar refractivity (Wildman–Crippen MR) is 131 cm³/mol. The normalized spacial score (nSPS) is 12.2. The van der Waals surface area contributed by atoms with Gasteiger partial charge >= 0.3 is 0 Å². The van der Waals surface area contributed by atoms with Crippen LogP contribution in [0, 0.1) is 19.3 Å². The van der Waals surface area contributed by atoms with E-state index in [1.165, 1.54) is 0 Å². The third-order valence-electron chi connectivity index (χ3n) is 5.37. The summed E-state index contributed by atoms with van der Waals surface area (Å²) in [6.45, 7) is 7.63. The molecule has 0 bridgehead atoms. The van der Waals surface area contributed by atoms with Crippen LogP contribution >= 0.6 is 0 Å². The molecular formula is C27H33N3O3. The van der Waals surface area contributed by atoms with Crippen LogP contribution < -0.4 is 4.74 Å². The number of aromatic nitrogens is 2. The summed E-state index contributed by atoms with van der Waals surface area (Å²) in [5.74, 6) is 3.87. The van der Waals surface area contributed by atoms with E-state index in [-0.39, 0.29) is 19.3 Å². The molecule has 0 aliphatic heterocycles. The quantitative estimate of drug-likeness (QED) is 0.349. The zero-order chi connectivity index (χ0) is 23.8. The standard InChI is InChI=1S/C27H33N3O3/c1-6-15-32-19-23(31)17-30(20(2)3)18-25-26(22-12-8-7-9-13-22)28-29(5)27(25)33-24-14-10-11-21(4)16-24/h1,7-14,16,20,23,31H,15,17-19H2,2-5H3. The van der Waals surface area contributed by atoms with Crippen molar-refractivity contribution in [2.75, 3.05) is 19.8 Å². The molecule has 3 aromatic rings. The highest BCUT2D eigenvalue weighted by Crippen LogP contribution is 2.34. The second-order valence-corrected chi connectivity index (χ2v) is 8.44. The summed E-state index contributed by atoms with van der Waals surface area (Å²) < 4.78 is 13.5. The van der Waals surface area contributed by atoms with E-state index in [1.54, 1.807) is 4.68 Å². The highest BCUT2D eigenvalue weighted by Gasteiger charge is 2.24. The van der Waals surface area contributed by atoms with E-state index in [9.17, 15) is 5.11 Å². The van der Waals surface area contributed by atoms with Gasteiger partial charge in [0.05, 0.1) is 18.3 Å². The minimum absolute atomic E-state index is 0.183. The van der Waals surface area contributed by atoms with Crippen LogP contribution in [-0.2, 0) is 18.3 Å². The fourth-order valence-corrected chi connectivity index (χ4v) is 3.68. The van der Waals surface area contributed by atoms with Crippen molar-refractivity contribution in [3.05, 3.63) is 65.7 Å². The van der Waals surface area contributed by atoms with E-state index in [4.69, 9.17) is 21.0 Å². The molecular weight excluding hydrogens is 414 g/mol. The van der Waals surface area contributed by atoms with Crippen molar-refractivity contribution in [2.45, 2.75) is 39.5 Å². The molecule has 1 heterocycles. The van der Waals surface area contributed by atoms with E-state index >= 15 is 0 Å². The minimum atomic E-state index is -0.654. The first-order valence-corrected chi connectivity index (χ1v) is 11.2. The Bertz CT molecular complexity index is 1070. The van der Waals surface area contributed by atoms with Gasteiger partial charge in [0.25, 0.3) is 0 Å². The molecule has 3 rings (SSSR count). The summed E-state index contributed by atoms with van der Waals surface area (Å²) in [5.41, 5.74) is 3.97. The van der Waals surface area contributed by atoms with Gasteiger partial charge in [0.1, 0.15) is 18.1 Å². The molecule has 1 N–H and O–H groups in total. The SMILES string of the molecule is C#CCOCC(O)CN(Cc1c(-c2ccccc2)nn(C)c1Oc1cccc(C)c1)C(C)C. The van der Waals surface area contributed by atoms with Crippen molar-refractivity contribution in [3.8, 4) is 35.2 Å². The van der Waals surface area contributed by atoms with Gasteiger partial charge in [-0.2, -0.15) is 5.10 Å². The van der Waals surface area contributed by atoms with Gasteiger partial charge in [-0.05, 0) is 38.5 Å². The molecule has 1 aromatic heterocycles. The van der Waals surface area contributed by atoms with E-state index in [1.807, 2.05) is 68.6 Å². The summed E-state index contributed by atoms with van der Waals surface area (Å²) in [6, 6.07) is 18.2. The Morgan fingerprint density at radius 2 is 1.91 bits per heavy atom. The predicted octanol–water partition coefficient (Wildman–Crippen LogP) is 4.41. The molecule has 0 saturated carbocycles. The smallest absolute Gasteiger partial charge is 0.222 e. The summed E-state index contributed by atoms with van der Waals surface area (Å²) >= 11 is 0. The van der Waals surface area contributed by atoms with Gasteiger partial charge in [0, 0.05) is 31.7 Å². The molecule has 0 aliphatic carbocycles. The highest BCUT2D eigenvalue weighted by atomic mass is 16.5. The number of ether oxygens (including phenoxy) is 2. The number of aliphatic hydroxyl groups excluding tert-OH is 1.